The highest BCUT2D eigenvalue weighted by Gasteiger charge is 2.14. The highest BCUT2D eigenvalue weighted by molar-refractivity contribution is 7.22. The van der Waals surface area contributed by atoms with E-state index in [9.17, 15) is 9.18 Å². The maximum Gasteiger partial charge on any atom is 0.260 e. The fraction of sp³-hybridized carbons (Fsp3) is 0. The van der Waals surface area contributed by atoms with Crippen LogP contribution in [0.2, 0.25) is 5.02 Å². The van der Waals surface area contributed by atoms with Crippen molar-refractivity contribution in [3.8, 4) is 0 Å². The van der Waals surface area contributed by atoms with Gasteiger partial charge in [-0.3, -0.25) is 10.1 Å². The Morgan fingerprint density at radius 3 is 2.75 bits per heavy atom. The summed E-state index contributed by atoms with van der Waals surface area (Å²) in [6.45, 7) is 0. The van der Waals surface area contributed by atoms with Crippen LogP contribution in [0.1, 0.15) is 10.4 Å². The van der Waals surface area contributed by atoms with Gasteiger partial charge in [-0.05, 0) is 24.3 Å². The van der Waals surface area contributed by atoms with Crippen molar-refractivity contribution >= 4 is 44.2 Å². The minimum absolute atomic E-state index is 0.0159. The highest BCUT2D eigenvalue weighted by atomic mass is 35.5. The summed E-state index contributed by atoms with van der Waals surface area (Å²) < 4.78 is 14.4. The molecule has 0 aliphatic rings. The van der Waals surface area contributed by atoms with Crippen LogP contribution in [0, 0.1) is 5.82 Å². The van der Waals surface area contributed by atoms with Crippen LogP contribution in [0.4, 0.5) is 9.52 Å². The third kappa shape index (κ3) is 2.37. The van der Waals surface area contributed by atoms with Crippen LogP contribution in [-0.4, -0.2) is 10.9 Å². The minimum atomic E-state index is -0.566. The number of thiazole rings is 1. The Morgan fingerprint density at radius 1 is 1.20 bits per heavy atom. The lowest BCUT2D eigenvalue weighted by Gasteiger charge is -2.02. The minimum Gasteiger partial charge on any atom is -0.298 e. The van der Waals surface area contributed by atoms with Crippen LogP contribution in [0.25, 0.3) is 10.2 Å². The summed E-state index contributed by atoms with van der Waals surface area (Å²) in [6, 6.07) is 11.2. The van der Waals surface area contributed by atoms with Crippen molar-refractivity contribution in [2.75, 3.05) is 5.32 Å². The molecule has 1 heterocycles. The molecule has 1 aromatic heterocycles. The van der Waals surface area contributed by atoms with E-state index < -0.39 is 11.7 Å². The Kier molecular flexibility index (Phi) is 3.38. The zero-order valence-electron chi connectivity index (χ0n) is 10.1. The van der Waals surface area contributed by atoms with E-state index in [2.05, 4.69) is 10.3 Å². The molecule has 1 N–H and O–H groups in total. The lowest BCUT2D eigenvalue weighted by Crippen LogP contribution is -2.13. The van der Waals surface area contributed by atoms with Crippen LogP contribution >= 0.6 is 22.9 Å². The molecule has 2 aromatic carbocycles. The van der Waals surface area contributed by atoms with E-state index in [0.717, 1.165) is 4.70 Å². The van der Waals surface area contributed by atoms with Crippen LogP contribution in [-0.2, 0) is 0 Å². The van der Waals surface area contributed by atoms with Gasteiger partial charge in [0.05, 0.1) is 15.3 Å². The van der Waals surface area contributed by atoms with Gasteiger partial charge in [0.25, 0.3) is 5.91 Å². The normalized spacial score (nSPS) is 10.7. The fourth-order valence-corrected chi connectivity index (χ4v) is 2.94. The highest BCUT2D eigenvalue weighted by Crippen LogP contribution is 2.30. The Balaban J connectivity index is 1.92. The van der Waals surface area contributed by atoms with E-state index in [4.69, 9.17) is 11.6 Å². The topological polar surface area (TPSA) is 42.0 Å². The smallest absolute Gasteiger partial charge is 0.260 e. The second-order valence-corrected chi connectivity index (χ2v) is 5.48. The summed E-state index contributed by atoms with van der Waals surface area (Å²) in [5.41, 5.74) is 0.612. The predicted molar refractivity (Wildman–Crippen MR) is 79.0 cm³/mol. The summed E-state index contributed by atoms with van der Waals surface area (Å²) in [5.74, 6) is -1.09. The Bertz CT molecular complexity index is 803. The van der Waals surface area contributed by atoms with Crippen molar-refractivity contribution in [2.45, 2.75) is 0 Å². The van der Waals surface area contributed by atoms with Gasteiger partial charge >= 0.3 is 0 Å². The number of amides is 1. The molecule has 3 nitrogen and oxygen atoms in total. The second-order valence-electron chi connectivity index (χ2n) is 4.04. The van der Waals surface area contributed by atoms with Crippen molar-refractivity contribution in [2.24, 2.45) is 0 Å². The maximum absolute atomic E-state index is 13.5. The zero-order valence-corrected chi connectivity index (χ0v) is 11.6. The predicted octanol–water partition coefficient (Wildman–Crippen LogP) is 4.34. The third-order valence-corrected chi connectivity index (χ3v) is 3.95. The van der Waals surface area contributed by atoms with Crippen molar-refractivity contribution in [1.29, 1.82) is 0 Å². The molecule has 0 unspecified atom stereocenters. The summed E-state index contributed by atoms with van der Waals surface area (Å²) >= 11 is 7.31. The molecule has 20 heavy (non-hydrogen) atoms. The number of hydrogen-bond donors (Lipinski definition) is 1. The van der Waals surface area contributed by atoms with Gasteiger partial charge in [0.2, 0.25) is 0 Å². The molecule has 0 aliphatic carbocycles. The Hall–Kier alpha value is -1.98. The van der Waals surface area contributed by atoms with E-state index in [1.54, 1.807) is 12.1 Å². The van der Waals surface area contributed by atoms with Gasteiger partial charge < -0.3 is 0 Å². The quantitative estimate of drug-likeness (QED) is 0.765. The second kappa shape index (κ2) is 5.19. The monoisotopic (exact) mass is 306 g/mol. The number of nitrogens with one attached hydrogen (secondary N) is 1. The van der Waals surface area contributed by atoms with Gasteiger partial charge in [-0.15, -0.1) is 0 Å². The first-order valence-electron chi connectivity index (χ1n) is 5.76. The molecule has 3 aromatic rings. The van der Waals surface area contributed by atoms with E-state index in [1.807, 2.05) is 12.1 Å². The van der Waals surface area contributed by atoms with Crippen molar-refractivity contribution in [3.05, 3.63) is 58.9 Å². The molecule has 0 bridgehead atoms. The van der Waals surface area contributed by atoms with E-state index in [0.29, 0.717) is 15.7 Å². The van der Waals surface area contributed by atoms with Gasteiger partial charge in [-0.2, -0.15) is 0 Å². The SMILES string of the molecule is O=C(Nc1nc2c(Cl)cccc2s1)c1ccccc1F. The average Bonchev–Trinajstić information content (AvgIpc) is 2.83. The Labute approximate surface area is 123 Å². The van der Waals surface area contributed by atoms with Gasteiger partial charge in [0.1, 0.15) is 11.3 Å². The van der Waals surface area contributed by atoms with Crippen molar-refractivity contribution < 1.29 is 9.18 Å². The first-order valence-corrected chi connectivity index (χ1v) is 6.95. The molecule has 1 amide bonds. The van der Waals surface area contributed by atoms with E-state index >= 15 is 0 Å². The lowest BCUT2D eigenvalue weighted by molar-refractivity contribution is 0.102. The van der Waals surface area contributed by atoms with Crippen LogP contribution in [0.5, 0.6) is 0 Å². The van der Waals surface area contributed by atoms with Crippen LogP contribution < -0.4 is 5.32 Å². The number of aromatic nitrogens is 1. The Morgan fingerprint density at radius 2 is 2.00 bits per heavy atom. The number of anilines is 1. The molecule has 0 atom stereocenters. The molecular formula is C14H8ClFN2OS. The fourth-order valence-electron chi connectivity index (χ4n) is 1.78. The van der Waals surface area contributed by atoms with E-state index in [-0.39, 0.29) is 5.56 Å². The van der Waals surface area contributed by atoms with E-state index in [1.165, 1.54) is 29.5 Å². The summed E-state index contributed by atoms with van der Waals surface area (Å²) in [5, 5.41) is 3.49. The standard InChI is InChI=1S/C14H8ClFN2OS/c15-9-5-3-7-11-12(9)17-14(20-11)18-13(19)8-4-1-2-6-10(8)16/h1-7H,(H,17,18,19). The van der Waals surface area contributed by atoms with Gasteiger partial charge in [0, 0.05) is 0 Å². The average molecular weight is 307 g/mol. The van der Waals surface area contributed by atoms with Crippen LogP contribution in [0.3, 0.4) is 0 Å². The zero-order chi connectivity index (χ0) is 14.1. The van der Waals surface area contributed by atoms with Crippen LogP contribution in [0.15, 0.2) is 42.5 Å². The molecule has 100 valence electrons. The number of para-hydroxylation sites is 1. The maximum atomic E-state index is 13.5. The number of benzene rings is 2. The van der Waals surface area contributed by atoms with Gasteiger partial charge in [0.15, 0.2) is 5.13 Å². The number of hydrogen-bond acceptors (Lipinski definition) is 3. The molecule has 0 radical (unpaired) electrons. The molecular weight excluding hydrogens is 299 g/mol. The molecule has 3 rings (SSSR count). The number of nitrogens with zero attached hydrogens (tertiary/aromatic N) is 1. The molecule has 0 spiro atoms. The molecule has 0 saturated carbocycles. The molecule has 6 heteroatoms. The third-order valence-electron chi connectivity index (χ3n) is 2.71. The number of fused-ring (bicyclic) bond motifs is 1. The number of carbonyl (C=O) groups is 1. The number of carbonyl (C=O) groups excluding carboxylic acids is 1. The number of halogens is 2. The van der Waals surface area contributed by atoms with Crippen molar-refractivity contribution in [1.82, 2.24) is 4.98 Å². The summed E-state index contributed by atoms with van der Waals surface area (Å²) in [4.78, 5) is 16.2. The first kappa shape index (κ1) is 13.0. The molecule has 0 saturated heterocycles. The van der Waals surface area contributed by atoms with Gasteiger partial charge in [-0.1, -0.05) is 41.1 Å². The summed E-state index contributed by atoms with van der Waals surface area (Å²) in [6.07, 6.45) is 0. The summed E-state index contributed by atoms with van der Waals surface area (Å²) in [7, 11) is 0. The molecule has 0 aliphatic heterocycles. The lowest BCUT2D eigenvalue weighted by atomic mass is 10.2. The van der Waals surface area contributed by atoms with Gasteiger partial charge in [-0.25, -0.2) is 9.37 Å². The van der Waals surface area contributed by atoms with Crippen molar-refractivity contribution in [3.63, 3.8) is 0 Å². The molecule has 0 fully saturated rings. The number of rotatable bonds is 2. The largest absolute Gasteiger partial charge is 0.298 e. The first-order chi connectivity index (χ1) is 9.65.